The highest BCUT2D eigenvalue weighted by Gasteiger charge is 2.46. The van der Waals surface area contributed by atoms with Gasteiger partial charge in [0, 0.05) is 25.0 Å². The Morgan fingerprint density at radius 3 is 2.40 bits per heavy atom. The summed E-state index contributed by atoms with van der Waals surface area (Å²) in [5.41, 5.74) is 5.21. The van der Waals surface area contributed by atoms with Gasteiger partial charge in [0.05, 0.1) is 5.60 Å². The first kappa shape index (κ1) is 17.4. The van der Waals surface area contributed by atoms with E-state index in [1.165, 1.54) is 0 Å². The minimum absolute atomic E-state index is 0.000370. The van der Waals surface area contributed by atoms with E-state index in [2.05, 4.69) is 20.8 Å². The van der Waals surface area contributed by atoms with Gasteiger partial charge in [0.15, 0.2) is 0 Å². The molecule has 118 valence electrons. The zero-order chi connectivity index (χ0) is 15.7. The van der Waals surface area contributed by atoms with Crippen molar-refractivity contribution in [2.45, 2.75) is 66.0 Å². The molecule has 0 spiro atoms. The van der Waals surface area contributed by atoms with E-state index >= 15 is 0 Å². The van der Waals surface area contributed by atoms with Crippen molar-refractivity contribution in [1.82, 2.24) is 4.90 Å². The van der Waals surface area contributed by atoms with Gasteiger partial charge in [0.25, 0.3) is 0 Å². The van der Waals surface area contributed by atoms with Crippen molar-refractivity contribution in [1.29, 1.82) is 0 Å². The van der Waals surface area contributed by atoms with E-state index in [0.717, 1.165) is 12.8 Å². The van der Waals surface area contributed by atoms with Crippen molar-refractivity contribution in [2.24, 2.45) is 23.0 Å². The number of likely N-dealkylation sites (N-methyl/N-ethyl adjacent to an activating group) is 1. The van der Waals surface area contributed by atoms with Crippen LogP contribution in [0.25, 0.3) is 0 Å². The molecule has 3 unspecified atom stereocenters. The smallest absolute Gasteiger partial charge is 0.226 e. The Balaban J connectivity index is 2.89. The molecule has 0 aromatic rings. The zero-order valence-corrected chi connectivity index (χ0v) is 13.9. The maximum absolute atomic E-state index is 12.8. The van der Waals surface area contributed by atoms with Crippen LogP contribution in [-0.2, 0) is 4.79 Å². The van der Waals surface area contributed by atoms with Gasteiger partial charge in [0.2, 0.25) is 5.91 Å². The second-order valence-corrected chi connectivity index (χ2v) is 7.57. The molecule has 3 atom stereocenters. The van der Waals surface area contributed by atoms with Crippen LogP contribution in [-0.4, -0.2) is 40.6 Å². The SMILES string of the molecule is CCN(CC(C)(C)O)C(=O)C1CCC(N)C(C)C1(C)C. The molecule has 0 aromatic heterocycles. The number of rotatable bonds is 4. The molecule has 4 nitrogen and oxygen atoms in total. The predicted octanol–water partition coefficient (Wildman–Crippen LogP) is 2.01. The quantitative estimate of drug-likeness (QED) is 0.830. The number of nitrogens with zero attached hydrogens (tertiary/aromatic N) is 1. The fraction of sp³-hybridized carbons (Fsp3) is 0.938. The topological polar surface area (TPSA) is 66.6 Å². The molecule has 4 heteroatoms. The first-order valence-electron chi connectivity index (χ1n) is 7.77. The summed E-state index contributed by atoms with van der Waals surface area (Å²) in [6, 6.07) is 0.179. The van der Waals surface area contributed by atoms with Gasteiger partial charge in [-0.2, -0.15) is 0 Å². The van der Waals surface area contributed by atoms with Crippen LogP contribution in [0.5, 0.6) is 0 Å². The minimum atomic E-state index is -0.855. The number of hydrogen-bond donors (Lipinski definition) is 2. The van der Waals surface area contributed by atoms with Gasteiger partial charge >= 0.3 is 0 Å². The average molecular weight is 284 g/mol. The fourth-order valence-electron chi connectivity index (χ4n) is 3.32. The molecule has 1 rings (SSSR count). The summed E-state index contributed by atoms with van der Waals surface area (Å²) < 4.78 is 0. The lowest BCUT2D eigenvalue weighted by Gasteiger charge is -2.47. The molecule has 0 aromatic carbocycles. The molecule has 20 heavy (non-hydrogen) atoms. The van der Waals surface area contributed by atoms with Crippen molar-refractivity contribution < 1.29 is 9.90 Å². The molecule has 3 N–H and O–H groups in total. The Hall–Kier alpha value is -0.610. The largest absolute Gasteiger partial charge is 0.389 e. The summed E-state index contributed by atoms with van der Waals surface area (Å²) in [7, 11) is 0. The van der Waals surface area contributed by atoms with Gasteiger partial charge in [0.1, 0.15) is 0 Å². The molecule has 1 amide bonds. The van der Waals surface area contributed by atoms with E-state index in [4.69, 9.17) is 5.73 Å². The molecular weight excluding hydrogens is 252 g/mol. The third-order valence-electron chi connectivity index (χ3n) is 5.07. The van der Waals surface area contributed by atoms with Crippen LogP contribution in [0.15, 0.2) is 0 Å². The van der Waals surface area contributed by atoms with Gasteiger partial charge in [-0.25, -0.2) is 0 Å². The second-order valence-electron chi connectivity index (χ2n) is 7.57. The highest BCUT2D eigenvalue weighted by Crippen LogP contribution is 2.45. The van der Waals surface area contributed by atoms with Crippen LogP contribution < -0.4 is 5.73 Å². The van der Waals surface area contributed by atoms with Crippen LogP contribution in [0.1, 0.15) is 54.4 Å². The molecule has 0 bridgehead atoms. The lowest BCUT2D eigenvalue weighted by atomic mass is 9.60. The third kappa shape index (κ3) is 3.73. The van der Waals surface area contributed by atoms with E-state index in [-0.39, 0.29) is 23.3 Å². The maximum Gasteiger partial charge on any atom is 0.226 e. The Morgan fingerprint density at radius 1 is 1.40 bits per heavy atom. The normalized spacial score (nSPS) is 30.1. The summed E-state index contributed by atoms with van der Waals surface area (Å²) in [6.45, 7) is 12.9. The number of carbonyl (C=O) groups is 1. The Bertz CT molecular complexity index is 347. The van der Waals surface area contributed by atoms with Gasteiger partial charge in [-0.3, -0.25) is 4.79 Å². The standard InChI is InChI=1S/C16H32N2O2/c1-7-18(10-15(3,4)20)14(19)12-8-9-13(17)11(2)16(12,5)6/h11-13,20H,7-10,17H2,1-6H3. The van der Waals surface area contributed by atoms with E-state index in [0.29, 0.717) is 19.0 Å². The molecule has 1 saturated carbocycles. The first-order valence-corrected chi connectivity index (χ1v) is 7.77. The highest BCUT2D eigenvalue weighted by atomic mass is 16.3. The lowest BCUT2D eigenvalue weighted by Crippen LogP contribution is -2.54. The summed E-state index contributed by atoms with van der Waals surface area (Å²) in [4.78, 5) is 14.6. The Labute approximate surface area is 123 Å². The number of aliphatic hydroxyl groups is 1. The van der Waals surface area contributed by atoms with Crippen LogP contribution in [0.3, 0.4) is 0 Å². The predicted molar refractivity (Wildman–Crippen MR) is 82.2 cm³/mol. The van der Waals surface area contributed by atoms with Crippen LogP contribution in [0.4, 0.5) is 0 Å². The average Bonchev–Trinajstić information content (AvgIpc) is 2.31. The number of nitrogens with two attached hydrogens (primary N) is 1. The van der Waals surface area contributed by atoms with Crippen molar-refractivity contribution in [2.75, 3.05) is 13.1 Å². The van der Waals surface area contributed by atoms with Crippen molar-refractivity contribution in [3.63, 3.8) is 0 Å². The summed E-state index contributed by atoms with van der Waals surface area (Å²) in [5, 5.41) is 9.98. The molecule has 1 aliphatic rings. The van der Waals surface area contributed by atoms with Crippen LogP contribution in [0.2, 0.25) is 0 Å². The number of hydrogen-bond acceptors (Lipinski definition) is 3. The Kier molecular flexibility index (Phi) is 5.25. The van der Waals surface area contributed by atoms with E-state index in [1.54, 1.807) is 18.7 Å². The van der Waals surface area contributed by atoms with E-state index in [1.807, 2.05) is 6.92 Å². The third-order valence-corrected chi connectivity index (χ3v) is 5.07. The molecule has 1 aliphatic carbocycles. The number of amides is 1. The van der Waals surface area contributed by atoms with E-state index < -0.39 is 5.60 Å². The second kappa shape index (κ2) is 6.02. The molecule has 0 aliphatic heterocycles. The van der Waals surface area contributed by atoms with Gasteiger partial charge in [-0.15, -0.1) is 0 Å². The van der Waals surface area contributed by atoms with Crippen LogP contribution >= 0.6 is 0 Å². The summed E-state index contributed by atoms with van der Waals surface area (Å²) in [6.07, 6.45) is 1.75. The van der Waals surface area contributed by atoms with E-state index in [9.17, 15) is 9.90 Å². The van der Waals surface area contributed by atoms with Crippen molar-refractivity contribution in [3.05, 3.63) is 0 Å². The fourth-order valence-corrected chi connectivity index (χ4v) is 3.32. The number of carbonyl (C=O) groups excluding carboxylic acids is 1. The van der Waals surface area contributed by atoms with Gasteiger partial charge in [-0.1, -0.05) is 20.8 Å². The maximum atomic E-state index is 12.8. The summed E-state index contributed by atoms with van der Waals surface area (Å²) in [5.74, 6) is 0.490. The van der Waals surface area contributed by atoms with Gasteiger partial charge in [-0.05, 0) is 44.9 Å². The van der Waals surface area contributed by atoms with Crippen molar-refractivity contribution in [3.8, 4) is 0 Å². The minimum Gasteiger partial charge on any atom is -0.389 e. The molecule has 0 radical (unpaired) electrons. The Morgan fingerprint density at radius 2 is 1.95 bits per heavy atom. The lowest BCUT2D eigenvalue weighted by molar-refractivity contribution is -0.146. The molecule has 0 heterocycles. The van der Waals surface area contributed by atoms with Gasteiger partial charge < -0.3 is 15.7 Å². The monoisotopic (exact) mass is 284 g/mol. The summed E-state index contributed by atoms with van der Waals surface area (Å²) >= 11 is 0. The zero-order valence-electron chi connectivity index (χ0n) is 13.9. The molecule has 0 saturated heterocycles. The first-order chi connectivity index (χ1) is 9.00. The van der Waals surface area contributed by atoms with Crippen molar-refractivity contribution >= 4 is 5.91 Å². The van der Waals surface area contributed by atoms with Crippen LogP contribution in [0, 0.1) is 17.3 Å². The highest BCUT2D eigenvalue weighted by molar-refractivity contribution is 5.80. The molecular formula is C16H32N2O2. The molecule has 1 fully saturated rings.